The maximum Gasteiger partial charge on any atom is 0.240 e. The van der Waals surface area contributed by atoms with E-state index in [1.165, 1.54) is 12.1 Å². The lowest BCUT2D eigenvalue weighted by atomic mass is 10.3. The molecule has 2 aromatic rings. The van der Waals surface area contributed by atoms with Crippen LogP contribution in [0, 0.1) is 0 Å². The van der Waals surface area contributed by atoms with Crippen LogP contribution < -0.4 is 4.18 Å². The van der Waals surface area contributed by atoms with Gasteiger partial charge in [-0.1, -0.05) is 18.2 Å². The van der Waals surface area contributed by atoms with Crippen molar-refractivity contribution in [2.75, 3.05) is 0 Å². The van der Waals surface area contributed by atoms with Crippen molar-refractivity contribution in [3.8, 4) is 11.5 Å². The SMILES string of the molecule is O=S(Oc1ccccc1)c1ccc(O)cc1. The average molecular weight is 234 g/mol. The van der Waals surface area contributed by atoms with Crippen molar-refractivity contribution < 1.29 is 13.5 Å². The van der Waals surface area contributed by atoms with Crippen LogP contribution in [0.1, 0.15) is 0 Å². The summed E-state index contributed by atoms with van der Waals surface area (Å²) in [6.45, 7) is 0. The monoisotopic (exact) mass is 234 g/mol. The molecule has 82 valence electrons. The van der Waals surface area contributed by atoms with Gasteiger partial charge in [0.25, 0.3) is 0 Å². The fraction of sp³-hybridized carbons (Fsp3) is 0. The number of hydrogen-bond donors (Lipinski definition) is 1. The van der Waals surface area contributed by atoms with Gasteiger partial charge in [0.05, 0.1) is 4.90 Å². The van der Waals surface area contributed by atoms with Crippen molar-refractivity contribution in [3.63, 3.8) is 0 Å². The number of para-hydroxylation sites is 1. The molecule has 3 nitrogen and oxygen atoms in total. The molecule has 0 fully saturated rings. The lowest BCUT2D eigenvalue weighted by Gasteiger charge is -2.04. The Balaban J connectivity index is 2.12. The fourth-order valence-electron chi connectivity index (χ4n) is 1.17. The van der Waals surface area contributed by atoms with Gasteiger partial charge in [0.15, 0.2) is 0 Å². The third-order valence-electron chi connectivity index (χ3n) is 1.94. The maximum absolute atomic E-state index is 11.7. The molecule has 4 heteroatoms. The number of benzene rings is 2. The summed E-state index contributed by atoms with van der Waals surface area (Å²) in [5.41, 5.74) is 0. The quantitative estimate of drug-likeness (QED) is 0.887. The lowest BCUT2D eigenvalue weighted by molar-refractivity contribution is 0.474. The summed E-state index contributed by atoms with van der Waals surface area (Å²) in [6.07, 6.45) is 0. The second kappa shape index (κ2) is 4.81. The first kappa shape index (κ1) is 10.7. The molecule has 16 heavy (non-hydrogen) atoms. The highest BCUT2D eigenvalue weighted by atomic mass is 32.2. The summed E-state index contributed by atoms with van der Waals surface area (Å²) in [7, 11) is 0. The number of hydrogen-bond acceptors (Lipinski definition) is 3. The first-order chi connectivity index (χ1) is 7.75. The van der Waals surface area contributed by atoms with E-state index in [0.717, 1.165) is 0 Å². The Hall–Kier alpha value is -1.81. The molecule has 0 saturated carbocycles. The van der Waals surface area contributed by atoms with Gasteiger partial charge in [-0.05, 0) is 36.4 Å². The summed E-state index contributed by atoms with van der Waals surface area (Å²) in [6, 6.07) is 15.0. The van der Waals surface area contributed by atoms with Crippen molar-refractivity contribution >= 4 is 11.1 Å². The van der Waals surface area contributed by atoms with Gasteiger partial charge in [0, 0.05) is 0 Å². The van der Waals surface area contributed by atoms with E-state index in [1.807, 2.05) is 18.2 Å². The molecule has 0 aromatic heterocycles. The Bertz CT molecular complexity index is 479. The van der Waals surface area contributed by atoms with E-state index in [4.69, 9.17) is 9.29 Å². The second-order valence-electron chi connectivity index (χ2n) is 3.12. The minimum atomic E-state index is -1.55. The predicted octanol–water partition coefficient (Wildman–Crippen LogP) is 2.49. The Kier molecular flexibility index (Phi) is 3.22. The van der Waals surface area contributed by atoms with Crippen molar-refractivity contribution in [3.05, 3.63) is 54.6 Å². The van der Waals surface area contributed by atoms with Crippen molar-refractivity contribution in [1.29, 1.82) is 0 Å². The molecule has 0 radical (unpaired) electrons. The molecule has 1 unspecified atom stereocenters. The van der Waals surface area contributed by atoms with Crippen LogP contribution in [0.2, 0.25) is 0 Å². The highest BCUT2D eigenvalue weighted by Gasteiger charge is 2.05. The van der Waals surface area contributed by atoms with Gasteiger partial charge < -0.3 is 9.29 Å². The first-order valence-corrected chi connectivity index (χ1v) is 5.77. The minimum absolute atomic E-state index is 0.139. The van der Waals surface area contributed by atoms with Crippen LogP contribution >= 0.6 is 0 Å². The molecule has 0 bridgehead atoms. The molecule has 0 amide bonds. The van der Waals surface area contributed by atoms with E-state index in [-0.39, 0.29) is 5.75 Å². The van der Waals surface area contributed by atoms with Crippen LogP contribution in [0.4, 0.5) is 0 Å². The summed E-state index contributed by atoms with van der Waals surface area (Å²) >= 11 is -1.55. The highest BCUT2D eigenvalue weighted by molar-refractivity contribution is 7.80. The molecule has 0 aliphatic heterocycles. The van der Waals surface area contributed by atoms with Gasteiger partial charge in [-0.2, -0.15) is 0 Å². The van der Waals surface area contributed by atoms with Gasteiger partial charge in [-0.15, -0.1) is 0 Å². The molecule has 1 atom stereocenters. The minimum Gasteiger partial charge on any atom is -0.508 e. The largest absolute Gasteiger partial charge is 0.508 e. The highest BCUT2D eigenvalue weighted by Crippen LogP contribution is 2.17. The van der Waals surface area contributed by atoms with Gasteiger partial charge >= 0.3 is 0 Å². The van der Waals surface area contributed by atoms with E-state index >= 15 is 0 Å². The van der Waals surface area contributed by atoms with E-state index < -0.39 is 11.1 Å². The Labute approximate surface area is 96.0 Å². The van der Waals surface area contributed by atoms with E-state index in [1.54, 1.807) is 24.3 Å². The lowest BCUT2D eigenvalue weighted by Crippen LogP contribution is -2.00. The van der Waals surface area contributed by atoms with Crippen LogP contribution in [-0.2, 0) is 11.1 Å². The maximum atomic E-state index is 11.7. The average Bonchev–Trinajstić information content (AvgIpc) is 2.31. The molecule has 0 spiro atoms. The van der Waals surface area contributed by atoms with Gasteiger partial charge in [-0.3, -0.25) is 0 Å². The zero-order valence-electron chi connectivity index (χ0n) is 8.37. The Morgan fingerprint density at radius 3 is 2.19 bits per heavy atom. The molecule has 0 heterocycles. The predicted molar refractivity (Wildman–Crippen MR) is 61.6 cm³/mol. The normalized spacial score (nSPS) is 12.0. The topological polar surface area (TPSA) is 46.5 Å². The van der Waals surface area contributed by atoms with Crippen molar-refractivity contribution in [1.82, 2.24) is 0 Å². The summed E-state index contributed by atoms with van der Waals surface area (Å²) < 4.78 is 17.0. The Morgan fingerprint density at radius 1 is 0.938 bits per heavy atom. The third-order valence-corrected chi connectivity index (χ3v) is 2.95. The number of rotatable bonds is 3. The molecule has 2 rings (SSSR count). The molecule has 0 aliphatic rings. The van der Waals surface area contributed by atoms with E-state index in [0.29, 0.717) is 10.6 Å². The third kappa shape index (κ3) is 2.61. The zero-order chi connectivity index (χ0) is 11.4. The summed E-state index contributed by atoms with van der Waals surface area (Å²) in [5, 5.41) is 9.09. The molecular weight excluding hydrogens is 224 g/mol. The van der Waals surface area contributed by atoms with Crippen LogP contribution in [0.15, 0.2) is 59.5 Å². The number of aromatic hydroxyl groups is 1. The van der Waals surface area contributed by atoms with Crippen LogP contribution in [-0.4, -0.2) is 9.32 Å². The Morgan fingerprint density at radius 2 is 1.56 bits per heavy atom. The molecule has 1 N–H and O–H groups in total. The van der Waals surface area contributed by atoms with Crippen molar-refractivity contribution in [2.45, 2.75) is 4.90 Å². The number of phenols is 1. The fourth-order valence-corrected chi connectivity index (χ4v) is 1.91. The first-order valence-electron chi connectivity index (χ1n) is 4.70. The van der Waals surface area contributed by atoms with Gasteiger partial charge in [-0.25, -0.2) is 4.21 Å². The standard InChI is InChI=1S/C12H10O3S/c13-10-6-8-12(9-7-10)16(14)15-11-4-2-1-3-5-11/h1-9,13H. The van der Waals surface area contributed by atoms with Gasteiger partial charge in [0.1, 0.15) is 11.5 Å². The summed E-state index contributed by atoms with van der Waals surface area (Å²) in [5.74, 6) is 0.689. The smallest absolute Gasteiger partial charge is 0.240 e. The van der Waals surface area contributed by atoms with Crippen molar-refractivity contribution in [2.24, 2.45) is 0 Å². The molecular formula is C12H10O3S. The summed E-state index contributed by atoms with van der Waals surface area (Å²) in [4.78, 5) is 0.515. The zero-order valence-corrected chi connectivity index (χ0v) is 9.18. The molecule has 0 aliphatic carbocycles. The van der Waals surface area contributed by atoms with Crippen LogP contribution in [0.25, 0.3) is 0 Å². The van der Waals surface area contributed by atoms with Gasteiger partial charge in [0.2, 0.25) is 11.1 Å². The molecule has 2 aromatic carbocycles. The van der Waals surface area contributed by atoms with Crippen LogP contribution in [0.5, 0.6) is 11.5 Å². The number of phenolic OH excluding ortho intramolecular Hbond substituents is 1. The van der Waals surface area contributed by atoms with E-state index in [2.05, 4.69) is 0 Å². The van der Waals surface area contributed by atoms with Crippen LogP contribution in [0.3, 0.4) is 0 Å². The second-order valence-corrected chi connectivity index (χ2v) is 4.23. The molecule has 0 saturated heterocycles. The van der Waals surface area contributed by atoms with E-state index in [9.17, 15) is 4.21 Å².